The van der Waals surface area contributed by atoms with Crippen LogP contribution in [0.25, 0.3) is 11.5 Å². The molecule has 0 aliphatic carbocycles. The number of pyridine rings is 1. The van der Waals surface area contributed by atoms with Gasteiger partial charge in [0.25, 0.3) is 5.91 Å². The van der Waals surface area contributed by atoms with Gasteiger partial charge in [-0.3, -0.25) is 9.78 Å². The first-order valence-corrected chi connectivity index (χ1v) is 9.74. The van der Waals surface area contributed by atoms with Crippen molar-refractivity contribution >= 4 is 18.3 Å². The van der Waals surface area contributed by atoms with Crippen LogP contribution in [0.5, 0.6) is 0 Å². The van der Waals surface area contributed by atoms with Crippen LogP contribution >= 0.6 is 12.4 Å². The minimum Gasteiger partial charge on any atom is -0.444 e. The number of hydrogen-bond acceptors (Lipinski definition) is 5. The van der Waals surface area contributed by atoms with Gasteiger partial charge in [0.1, 0.15) is 6.26 Å². The van der Waals surface area contributed by atoms with E-state index in [9.17, 15) is 4.79 Å². The second-order valence-electron chi connectivity index (χ2n) is 6.99. The second kappa shape index (κ2) is 10.2. The molecule has 1 aromatic carbocycles. The fraction of sp³-hybridized carbons (Fsp3) is 0.318. The molecule has 1 aliphatic heterocycles. The summed E-state index contributed by atoms with van der Waals surface area (Å²) in [6.45, 7) is 2.37. The van der Waals surface area contributed by atoms with Gasteiger partial charge in [-0.05, 0) is 56.6 Å². The number of nitrogens with zero attached hydrogens (tertiary/aromatic N) is 3. The van der Waals surface area contributed by atoms with Crippen LogP contribution in [0, 0.1) is 0 Å². The summed E-state index contributed by atoms with van der Waals surface area (Å²) in [6, 6.07) is 15.6. The molecule has 29 heavy (non-hydrogen) atoms. The van der Waals surface area contributed by atoms with E-state index in [1.54, 1.807) is 6.20 Å². The molecule has 7 heteroatoms. The maximum absolute atomic E-state index is 13.4. The smallest absolute Gasteiger partial charge is 0.276 e. The highest BCUT2D eigenvalue weighted by Gasteiger charge is 2.28. The van der Waals surface area contributed by atoms with Crippen molar-refractivity contribution in [3.8, 4) is 11.5 Å². The number of oxazole rings is 1. The molecule has 6 nitrogen and oxygen atoms in total. The summed E-state index contributed by atoms with van der Waals surface area (Å²) in [4.78, 5) is 24.1. The standard InChI is InChI=1S/C22H24N4O2.ClH/c27-22(20-16-28-21(25-20)17-7-2-1-3-8-17)26(15-18-9-4-5-13-24-18)19-10-6-12-23-14-11-19;/h1-5,7-9,13,16,19,23H,6,10-12,14-15H2;1H. The van der Waals surface area contributed by atoms with Gasteiger partial charge < -0.3 is 14.6 Å². The third kappa shape index (κ3) is 5.22. The molecule has 0 saturated carbocycles. The second-order valence-corrected chi connectivity index (χ2v) is 6.99. The Hall–Kier alpha value is -2.70. The zero-order chi connectivity index (χ0) is 19.2. The van der Waals surface area contributed by atoms with Gasteiger partial charge in [0.15, 0.2) is 5.69 Å². The van der Waals surface area contributed by atoms with Crippen molar-refractivity contribution in [1.29, 1.82) is 0 Å². The summed E-state index contributed by atoms with van der Waals surface area (Å²) >= 11 is 0. The molecule has 2 aromatic heterocycles. The number of halogens is 1. The summed E-state index contributed by atoms with van der Waals surface area (Å²) in [5.74, 6) is 0.354. The van der Waals surface area contributed by atoms with Gasteiger partial charge in [-0.1, -0.05) is 24.3 Å². The number of benzene rings is 1. The van der Waals surface area contributed by atoms with Gasteiger partial charge in [0, 0.05) is 17.8 Å². The molecule has 1 N–H and O–H groups in total. The van der Waals surface area contributed by atoms with Crippen molar-refractivity contribution < 1.29 is 9.21 Å². The fourth-order valence-corrected chi connectivity index (χ4v) is 3.58. The van der Waals surface area contributed by atoms with Gasteiger partial charge >= 0.3 is 0 Å². The minimum atomic E-state index is -0.108. The first-order chi connectivity index (χ1) is 13.8. The van der Waals surface area contributed by atoms with Crippen LogP contribution < -0.4 is 5.32 Å². The normalized spacial score (nSPS) is 16.5. The Balaban J connectivity index is 0.00000240. The van der Waals surface area contributed by atoms with E-state index in [1.807, 2.05) is 53.4 Å². The topological polar surface area (TPSA) is 71.3 Å². The van der Waals surface area contributed by atoms with E-state index >= 15 is 0 Å². The third-order valence-electron chi connectivity index (χ3n) is 5.05. The number of hydrogen-bond donors (Lipinski definition) is 1. The van der Waals surface area contributed by atoms with Crippen LogP contribution in [0.3, 0.4) is 0 Å². The van der Waals surface area contributed by atoms with E-state index in [1.165, 1.54) is 6.26 Å². The molecular weight excluding hydrogens is 388 g/mol. The summed E-state index contributed by atoms with van der Waals surface area (Å²) in [7, 11) is 0. The molecule has 0 bridgehead atoms. The molecule has 0 spiro atoms. The van der Waals surface area contributed by atoms with Crippen LogP contribution in [0.15, 0.2) is 65.4 Å². The molecule has 1 amide bonds. The van der Waals surface area contributed by atoms with Gasteiger partial charge in [0.05, 0.1) is 12.2 Å². The molecule has 1 unspecified atom stereocenters. The Bertz CT molecular complexity index is 893. The quantitative estimate of drug-likeness (QED) is 0.687. The van der Waals surface area contributed by atoms with Crippen molar-refractivity contribution in [2.75, 3.05) is 13.1 Å². The van der Waals surface area contributed by atoms with E-state index in [2.05, 4.69) is 15.3 Å². The van der Waals surface area contributed by atoms with Crippen LogP contribution in [-0.4, -0.2) is 39.9 Å². The minimum absolute atomic E-state index is 0. The zero-order valence-corrected chi connectivity index (χ0v) is 17.0. The highest BCUT2D eigenvalue weighted by Crippen LogP contribution is 2.22. The molecule has 152 valence electrons. The molecule has 1 saturated heterocycles. The van der Waals surface area contributed by atoms with Crippen molar-refractivity contribution in [2.24, 2.45) is 0 Å². The van der Waals surface area contributed by atoms with E-state index in [0.717, 1.165) is 43.6 Å². The van der Waals surface area contributed by atoms with E-state index in [4.69, 9.17) is 4.42 Å². The first kappa shape index (κ1) is 21.0. The fourth-order valence-electron chi connectivity index (χ4n) is 3.58. The summed E-state index contributed by atoms with van der Waals surface area (Å²) in [5, 5.41) is 3.41. The van der Waals surface area contributed by atoms with Crippen LogP contribution in [0.1, 0.15) is 35.4 Å². The molecule has 3 aromatic rings. The highest BCUT2D eigenvalue weighted by molar-refractivity contribution is 5.92. The molecule has 3 heterocycles. The third-order valence-corrected chi connectivity index (χ3v) is 5.05. The Morgan fingerprint density at radius 3 is 2.72 bits per heavy atom. The summed E-state index contributed by atoms with van der Waals surface area (Å²) < 4.78 is 5.60. The van der Waals surface area contributed by atoms with Crippen LogP contribution in [0.4, 0.5) is 0 Å². The van der Waals surface area contributed by atoms with Crippen molar-refractivity contribution in [2.45, 2.75) is 31.8 Å². The lowest BCUT2D eigenvalue weighted by atomic mass is 10.1. The van der Waals surface area contributed by atoms with Gasteiger partial charge in [-0.15, -0.1) is 12.4 Å². The average Bonchev–Trinajstić information content (AvgIpc) is 3.09. The molecule has 1 fully saturated rings. The number of carbonyl (C=O) groups excluding carboxylic acids is 1. The number of rotatable bonds is 5. The number of nitrogens with one attached hydrogen (secondary N) is 1. The van der Waals surface area contributed by atoms with Gasteiger partial charge in [0.2, 0.25) is 5.89 Å². The Kier molecular flexibility index (Phi) is 7.38. The van der Waals surface area contributed by atoms with Crippen molar-refractivity contribution in [3.63, 3.8) is 0 Å². The highest BCUT2D eigenvalue weighted by atomic mass is 35.5. The summed E-state index contributed by atoms with van der Waals surface area (Å²) in [5.41, 5.74) is 2.07. The SMILES string of the molecule is Cl.O=C(c1coc(-c2ccccc2)n1)N(Cc1ccccn1)C1CCCNCC1. The number of carbonyl (C=O) groups is 1. The molecule has 1 aliphatic rings. The van der Waals surface area contributed by atoms with Crippen molar-refractivity contribution in [3.05, 3.63) is 72.4 Å². The van der Waals surface area contributed by atoms with Gasteiger partial charge in [-0.2, -0.15) is 0 Å². The van der Waals surface area contributed by atoms with Gasteiger partial charge in [-0.25, -0.2) is 4.98 Å². The van der Waals surface area contributed by atoms with Crippen molar-refractivity contribution in [1.82, 2.24) is 20.2 Å². The molecule has 0 radical (unpaired) electrons. The first-order valence-electron chi connectivity index (χ1n) is 9.74. The Labute approximate surface area is 176 Å². The lowest BCUT2D eigenvalue weighted by molar-refractivity contribution is 0.0636. The van der Waals surface area contributed by atoms with E-state index in [-0.39, 0.29) is 24.4 Å². The Morgan fingerprint density at radius 2 is 1.93 bits per heavy atom. The molecular formula is C22H25ClN4O2. The Morgan fingerprint density at radius 1 is 1.10 bits per heavy atom. The maximum atomic E-state index is 13.4. The lowest BCUT2D eigenvalue weighted by Crippen LogP contribution is -2.40. The lowest BCUT2D eigenvalue weighted by Gasteiger charge is -2.30. The number of aromatic nitrogens is 2. The zero-order valence-electron chi connectivity index (χ0n) is 16.2. The van der Waals surface area contributed by atoms with Crippen LogP contribution in [0.2, 0.25) is 0 Å². The van der Waals surface area contributed by atoms with E-state index < -0.39 is 0 Å². The molecule has 4 rings (SSSR count). The summed E-state index contributed by atoms with van der Waals surface area (Å²) in [6.07, 6.45) is 6.16. The van der Waals surface area contributed by atoms with Crippen LogP contribution in [-0.2, 0) is 6.54 Å². The molecule has 1 atom stereocenters. The predicted octanol–water partition coefficient (Wildman–Crippen LogP) is 3.94. The monoisotopic (exact) mass is 412 g/mol. The maximum Gasteiger partial charge on any atom is 0.276 e. The average molecular weight is 413 g/mol. The predicted molar refractivity (Wildman–Crippen MR) is 114 cm³/mol. The largest absolute Gasteiger partial charge is 0.444 e. The number of amides is 1. The van der Waals surface area contributed by atoms with E-state index in [0.29, 0.717) is 18.1 Å².